The highest BCUT2D eigenvalue weighted by atomic mass is 16.3. The number of aliphatic hydroxyl groups excluding tert-OH is 1. The van der Waals surface area contributed by atoms with Gasteiger partial charge in [0.05, 0.1) is 6.10 Å². The Labute approximate surface area is 262 Å². The largest absolute Gasteiger partial charge is 0.393 e. The fraction of sp³-hybridized carbons (Fsp3) is 1.00. The minimum Gasteiger partial charge on any atom is -0.393 e. The van der Waals surface area contributed by atoms with E-state index >= 15 is 0 Å². The van der Waals surface area contributed by atoms with Crippen molar-refractivity contribution in [2.24, 2.45) is 58.0 Å². The molecule has 3 heteroatoms. The summed E-state index contributed by atoms with van der Waals surface area (Å²) in [6, 6.07) is 0.615. The second-order valence-corrected chi connectivity index (χ2v) is 17.1. The van der Waals surface area contributed by atoms with Crippen LogP contribution in [0.4, 0.5) is 0 Å². The Hall–Kier alpha value is -0.120. The first-order valence-electron chi connectivity index (χ1n) is 19.3. The number of nitrogens with two attached hydrogens (primary N) is 1. The van der Waals surface area contributed by atoms with Crippen LogP contribution in [0.15, 0.2) is 0 Å². The summed E-state index contributed by atoms with van der Waals surface area (Å²) in [4.78, 5) is 0. The molecule has 0 aromatic heterocycles. The van der Waals surface area contributed by atoms with Crippen molar-refractivity contribution in [3.63, 3.8) is 0 Å². The summed E-state index contributed by atoms with van der Waals surface area (Å²) in [5, 5.41) is 15.0. The van der Waals surface area contributed by atoms with Crippen LogP contribution in [-0.4, -0.2) is 30.3 Å². The SMILES string of the molecule is CC(C)CCC[C@@H](C)C1CCC2C3CC(NCCCCCCCCCCCCN)C4CC(O)CCC4(C)C3CCC21C. The molecule has 4 saturated carbocycles. The smallest absolute Gasteiger partial charge is 0.0543 e. The molecule has 0 radical (unpaired) electrons. The van der Waals surface area contributed by atoms with Gasteiger partial charge in [-0.3, -0.25) is 0 Å². The Morgan fingerprint density at radius 2 is 1.31 bits per heavy atom. The molecule has 42 heavy (non-hydrogen) atoms. The molecule has 0 aliphatic heterocycles. The van der Waals surface area contributed by atoms with E-state index in [1.165, 1.54) is 129 Å². The Morgan fingerprint density at radius 1 is 0.690 bits per heavy atom. The lowest BCUT2D eigenvalue weighted by Crippen LogP contribution is -2.61. The summed E-state index contributed by atoms with van der Waals surface area (Å²) in [6.07, 6.45) is 28.4. The molecular formula is C39H74N2O. The van der Waals surface area contributed by atoms with Crippen LogP contribution < -0.4 is 11.1 Å². The Balaban J connectivity index is 1.30. The maximum atomic E-state index is 10.8. The zero-order valence-electron chi connectivity index (χ0n) is 29.0. The van der Waals surface area contributed by atoms with Crippen LogP contribution in [0.5, 0.6) is 0 Å². The maximum Gasteiger partial charge on any atom is 0.0543 e. The van der Waals surface area contributed by atoms with Gasteiger partial charge in [0.1, 0.15) is 0 Å². The second-order valence-electron chi connectivity index (χ2n) is 17.1. The quantitative estimate of drug-likeness (QED) is 0.140. The molecule has 0 bridgehead atoms. The highest BCUT2D eigenvalue weighted by Gasteiger charge is 2.62. The number of unbranched alkanes of at least 4 members (excludes halogenated alkanes) is 9. The predicted molar refractivity (Wildman–Crippen MR) is 181 cm³/mol. The number of rotatable bonds is 18. The van der Waals surface area contributed by atoms with Crippen molar-refractivity contribution >= 4 is 0 Å². The molecule has 9 unspecified atom stereocenters. The molecule has 246 valence electrons. The van der Waals surface area contributed by atoms with Crippen LogP contribution in [0.3, 0.4) is 0 Å². The minimum atomic E-state index is -0.0735. The molecule has 4 N–H and O–H groups in total. The van der Waals surface area contributed by atoms with Gasteiger partial charge in [0.2, 0.25) is 0 Å². The normalized spacial score (nSPS) is 38.7. The van der Waals surface area contributed by atoms with E-state index in [2.05, 4.69) is 39.9 Å². The van der Waals surface area contributed by atoms with Crippen LogP contribution >= 0.6 is 0 Å². The summed E-state index contributed by atoms with van der Waals surface area (Å²) in [5.41, 5.74) is 6.60. The van der Waals surface area contributed by atoms with Gasteiger partial charge in [-0.2, -0.15) is 0 Å². The van der Waals surface area contributed by atoms with E-state index in [4.69, 9.17) is 5.73 Å². The first-order valence-corrected chi connectivity index (χ1v) is 19.3. The molecule has 0 spiro atoms. The van der Waals surface area contributed by atoms with Crippen molar-refractivity contribution < 1.29 is 5.11 Å². The van der Waals surface area contributed by atoms with Crippen LogP contribution in [-0.2, 0) is 0 Å². The van der Waals surface area contributed by atoms with E-state index in [0.29, 0.717) is 22.8 Å². The summed E-state index contributed by atoms with van der Waals surface area (Å²) in [5.74, 6) is 6.04. The lowest BCUT2D eigenvalue weighted by Gasteiger charge is -2.63. The summed E-state index contributed by atoms with van der Waals surface area (Å²) in [6.45, 7) is 14.8. The third kappa shape index (κ3) is 8.37. The monoisotopic (exact) mass is 587 g/mol. The van der Waals surface area contributed by atoms with Gasteiger partial charge < -0.3 is 16.2 Å². The van der Waals surface area contributed by atoms with Gasteiger partial charge in [-0.15, -0.1) is 0 Å². The van der Waals surface area contributed by atoms with Crippen molar-refractivity contribution in [2.75, 3.05) is 13.1 Å². The van der Waals surface area contributed by atoms with Crippen LogP contribution in [0.25, 0.3) is 0 Å². The zero-order chi connectivity index (χ0) is 30.2. The Morgan fingerprint density at radius 3 is 1.98 bits per heavy atom. The summed E-state index contributed by atoms with van der Waals surface area (Å²) >= 11 is 0. The molecular weight excluding hydrogens is 512 g/mol. The average molecular weight is 587 g/mol. The number of aliphatic hydroxyl groups is 1. The molecule has 10 atom stereocenters. The fourth-order valence-corrected chi connectivity index (χ4v) is 11.5. The Kier molecular flexibility index (Phi) is 13.6. The van der Waals surface area contributed by atoms with Gasteiger partial charge in [0.15, 0.2) is 0 Å². The Bertz CT molecular complexity index is 769. The second kappa shape index (κ2) is 16.4. The van der Waals surface area contributed by atoms with E-state index in [1.807, 2.05) is 0 Å². The lowest BCUT2D eigenvalue weighted by molar-refractivity contribution is -0.141. The molecule has 4 aliphatic rings. The van der Waals surface area contributed by atoms with Gasteiger partial charge >= 0.3 is 0 Å². The molecule has 0 heterocycles. The molecule has 0 saturated heterocycles. The highest BCUT2D eigenvalue weighted by Crippen LogP contribution is 2.68. The molecule has 3 nitrogen and oxygen atoms in total. The van der Waals surface area contributed by atoms with E-state index < -0.39 is 0 Å². The van der Waals surface area contributed by atoms with Crippen molar-refractivity contribution in [2.45, 2.75) is 182 Å². The topological polar surface area (TPSA) is 58.3 Å². The third-order valence-electron chi connectivity index (χ3n) is 13.9. The van der Waals surface area contributed by atoms with Gasteiger partial charge in [0.25, 0.3) is 0 Å². The van der Waals surface area contributed by atoms with Crippen molar-refractivity contribution in [3.05, 3.63) is 0 Å². The van der Waals surface area contributed by atoms with Crippen molar-refractivity contribution in [1.29, 1.82) is 0 Å². The average Bonchev–Trinajstić information content (AvgIpc) is 3.31. The summed E-state index contributed by atoms with van der Waals surface area (Å²) < 4.78 is 0. The first-order chi connectivity index (χ1) is 20.2. The van der Waals surface area contributed by atoms with Crippen LogP contribution in [0.2, 0.25) is 0 Å². The van der Waals surface area contributed by atoms with Crippen LogP contribution in [0, 0.1) is 52.3 Å². The number of nitrogens with one attached hydrogen (secondary N) is 1. The van der Waals surface area contributed by atoms with Crippen molar-refractivity contribution in [1.82, 2.24) is 5.32 Å². The molecule has 4 aliphatic carbocycles. The maximum absolute atomic E-state index is 10.8. The van der Waals surface area contributed by atoms with Gasteiger partial charge in [-0.05, 0) is 130 Å². The minimum absolute atomic E-state index is 0.0735. The summed E-state index contributed by atoms with van der Waals surface area (Å²) in [7, 11) is 0. The number of hydrogen-bond acceptors (Lipinski definition) is 3. The number of fused-ring (bicyclic) bond motifs is 5. The van der Waals surface area contributed by atoms with E-state index in [1.54, 1.807) is 0 Å². The molecule has 0 aromatic carbocycles. The van der Waals surface area contributed by atoms with Gasteiger partial charge in [-0.25, -0.2) is 0 Å². The van der Waals surface area contributed by atoms with Gasteiger partial charge in [0, 0.05) is 6.04 Å². The standard InChI is InChI=1S/C39H74N2O/c1-29(2)17-16-18-30(3)33-19-20-34-32-28-37(41-26-15-13-11-9-7-6-8-10-12-14-25-40)36-27-31(42)21-23-39(36,5)35(32)22-24-38(33,34)4/h29-37,41-42H,6-28,40H2,1-5H3/t30-,31?,32?,33?,34?,35?,36?,37?,38?,39?/m1/s1. The van der Waals surface area contributed by atoms with Crippen molar-refractivity contribution in [3.8, 4) is 0 Å². The lowest BCUT2D eigenvalue weighted by atomic mass is 9.43. The van der Waals surface area contributed by atoms with E-state index in [9.17, 15) is 5.11 Å². The molecule has 4 rings (SSSR count). The van der Waals surface area contributed by atoms with Crippen LogP contribution in [0.1, 0.15) is 169 Å². The first kappa shape index (κ1) is 34.7. The number of hydrogen-bond donors (Lipinski definition) is 3. The third-order valence-corrected chi connectivity index (χ3v) is 13.9. The fourth-order valence-electron chi connectivity index (χ4n) is 11.5. The van der Waals surface area contributed by atoms with Gasteiger partial charge in [-0.1, -0.05) is 105 Å². The predicted octanol–water partition coefficient (Wildman–Crippen LogP) is 9.90. The highest BCUT2D eigenvalue weighted by molar-refractivity contribution is 5.12. The molecule has 0 aromatic rings. The molecule has 4 fully saturated rings. The van der Waals surface area contributed by atoms with E-state index in [0.717, 1.165) is 54.9 Å². The zero-order valence-corrected chi connectivity index (χ0v) is 29.0. The van der Waals surface area contributed by atoms with E-state index in [-0.39, 0.29) is 6.10 Å². The molecule has 0 amide bonds.